The van der Waals surface area contributed by atoms with Crippen molar-refractivity contribution in [3.05, 3.63) is 193 Å². The van der Waals surface area contributed by atoms with Crippen molar-refractivity contribution in [1.29, 1.82) is 0 Å². The first-order chi connectivity index (χ1) is 29.0. The van der Waals surface area contributed by atoms with E-state index in [9.17, 15) is 0 Å². The highest BCUT2D eigenvalue weighted by atomic mass is 32.1. The van der Waals surface area contributed by atoms with Crippen LogP contribution in [0.2, 0.25) is 0 Å². The lowest BCUT2D eigenvalue weighted by molar-refractivity contribution is 0.661. The molecule has 0 nitrogen and oxygen atoms in total. The minimum absolute atomic E-state index is 0.0179. The fraction of sp³-hybridized carbons (Fsp3) is 0.0526. The summed E-state index contributed by atoms with van der Waals surface area (Å²) in [5.41, 5.74) is 13.2. The van der Waals surface area contributed by atoms with Crippen molar-refractivity contribution in [2.75, 3.05) is 0 Å². The van der Waals surface area contributed by atoms with Gasteiger partial charge in [0.15, 0.2) is 0 Å². The van der Waals surface area contributed by atoms with E-state index in [1.165, 1.54) is 128 Å². The van der Waals surface area contributed by atoms with Crippen LogP contribution in [0.1, 0.15) is 25.0 Å². The van der Waals surface area contributed by atoms with Crippen LogP contribution >= 0.6 is 22.7 Å². The fourth-order valence-corrected chi connectivity index (χ4v) is 12.8. The molecule has 0 saturated carbocycles. The molecule has 13 rings (SSSR count). The first kappa shape index (κ1) is 33.4. The van der Waals surface area contributed by atoms with E-state index in [1.807, 2.05) is 22.7 Å². The molecule has 276 valence electrons. The van der Waals surface area contributed by atoms with Gasteiger partial charge in [0, 0.05) is 45.8 Å². The second-order valence-corrected chi connectivity index (χ2v) is 18.9. The summed E-state index contributed by atoms with van der Waals surface area (Å²) in [5.74, 6) is 0. The van der Waals surface area contributed by atoms with Crippen LogP contribution in [0.5, 0.6) is 0 Å². The average Bonchev–Trinajstić information content (AvgIpc) is 3.91. The largest absolute Gasteiger partial charge is 0.135 e. The number of benzene rings is 10. The Bertz CT molecular complexity index is 3690. The van der Waals surface area contributed by atoms with Crippen molar-refractivity contribution in [1.82, 2.24) is 0 Å². The van der Waals surface area contributed by atoms with Gasteiger partial charge in [0.1, 0.15) is 0 Å². The van der Waals surface area contributed by atoms with Gasteiger partial charge in [0.05, 0.1) is 0 Å². The molecule has 12 aromatic rings. The van der Waals surface area contributed by atoms with Crippen molar-refractivity contribution in [3.63, 3.8) is 0 Å². The van der Waals surface area contributed by atoms with E-state index >= 15 is 0 Å². The van der Waals surface area contributed by atoms with E-state index in [1.54, 1.807) is 0 Å². The molecule has 0 amide bonds. The number of hydrogen-bond donors (Lipinski definition) is 0. The summed E-state index contributed by atoms with van der Waals surface area (Å²) < 4.78 is 5.37. The highest BCUT2D eigenvalue weighted by Gasteiger charge is 2.36. The Morgan fingerprint density at radius 2 is 0.847 bits per heavy atom. The highest BCUT2D eigenvalue weighted by Crippen LogP contribution is 2.53. The van der Waals surface area contributed by atoms with Gasteiger partial charge in [-0.05, 0) is 124 Å². The highest BCUT2D eigenvalue weighted by molar-refractivity contribution is 7.26. The summed E-state index contributed by atoms with van der Waals surface area (Å²) in [7, 11) is 0. The van der Waals surface area contributed by atoms with Crippen LogP contribution < -0.4 is 0 Å². The Balaban J connectivity index is 0.976. The van der Waals surface area contributed by atoms with Crippen LogP contribution in [0.3, 0.4) is 0 Å². The number of fused-ring (bicyclic) bond motifs is 13. The summed E-state index contributed by atoms with van der Waals surface area (Å²) in [6.07, 6.45) is 0. The molecule has 1 aliphatic carbocycles. The predicted molar refractivity (Wildman–Crippen MR) is 259 cm³/mol. The lowest BCUT2D eigenvalue weighted by Crippen LogP contribution is -2.14. The second-order valence-electron chi connectivity index (χ2n) is 16.7. The molecule has 0 fully saturated rings. The number of thiophene rings is 2. The normalized spacial score (nSPS) is 13.4. The van der Waals surface area contributed by atoms with E-state index < -0.39 is 0 Å². The maximum Gasteiger partial charge on any atom is 0.0368 e. The van der Waals surface area contributed by atoms with E-state index in [0.717, 1.165) is 0 Å². The predicted octanol–water partition coefficient (Wildman–Crippen LogP) is 17.2. The molecule has 0 radical (unpaired) electrons. The summed E-state index contributed by atoms with van der Waals surface area (Å²) in [4.78, 5) is 0. The molecule has 0 bridgehead atoms. The van der Waals surface area contributed by atoms with Crippen LogP contribution in [-0.2, 0) is 5.41 Å². The molecule has 0 N–H and O–H groups in total. The molecule has 1 aliphatic rings. The Hall–Kier alpha value is -6.58. The molecule has 59 heavy (non-hydrogen) atoms. The molecule has 0 atom stereocenters. The molecule has 0 aliphatic heterocycles. The van der Waals surface area contributed by atoms with Gasteiger partial charge in [-0.1, -0.05) is 159 Å². The van der Waals surface area contributed by atoms with Gasteiger partial charge in [-0.15, -0.1) is 22.7 Å². The van der Waals surface area contributed by atoms with Crippen LogP contribution in [0.15, 0.2) is 182 Å². The summed E-state index contributed by atoms with van der Waals surface area (Å²) in [6.45, 7) is 4.75. The Labute approximate surface area is 350 Å². The van der Waals surface area contributed by atoms with Crippen LogP contribution in [0, 0.1) is 0 Å². The van der Waals surface area contributed by atoms with E-state index in [2.05, 4.69) is 196 Å². The fourth-order valence-electron chi connectivity index (χ4n) is 10.5. The second kappa shape index (κ2) is 12.2. The quantitative estimate of drug-likeness (QED) is 0.157. The van der Waals surface area contributed by atoms with Crippen LogP contribution in [0.4, 0.5) is 0 Å². The zero-order chi connectivity index (χ0) is 39.0. The van der Waals surface area contributed by atoms with Crippen molar-refractivity contribution in [2.45, 2.75) is 19.3 Å². The van der Waals surface area contributed by atoms with Crippen LogP contribution in [0.25, 0.3) is 117 Å². The third-order valence-electron chi connectivity index (χ3n) is 13.3. The third-order valence-corrected chi connectivity index (χ3v) is 15.5. The van der Waals surface area contributed by atoms with Gasteiger partial charge in [-0.3, -0.25) is 0 Å². The van der Waals surface area contributed by atoms with E-state index in [-0.39, 0.29) is 5.41 Å². The smallest absolute Gasteiger partial charge is 0.0368 e. The molecule has 0 spiro atoms. The Morgan fingerprint density at radius 1 is 0.305 bits per heavy atom. The van der Waals surface area contributed by atoms with Crippen molar-refractivity contribution < 1.29 is 0 Å². The molecule has 0 saturated heterocycles. The van der Waals surface area contributed by atoms with Crippen molar-refractivity contribution in [3.8, 4) is 44.5 Å². The van der Waals surface area contributed by atoms with Gasteiger partial charge in [-0.25, -0.2) is 0 Å². The molecule has 0 unspecified atom stereocenters. The average molecular weight is 785 g/mol. The first-order valence-corrected chi connectivity index (χ1v) is 22.1. The molecule has 2 heteroatoms. The first-order valence-electron chi connectivity index (χ1n) is 20.5. The maximum absolute atomic E-state index is 2.49. The topological polar surface area (TPSA) is 0 Å². The zero-order valence-corrected chi connectivity index (χ0v) is 34.3. The summed E-state index contributed by atoms with van der Waals surface area (Å²) in [6, 6.07) is 68.7. The van der Waals surface area contributed by atoms with Gasteiger partial charge < -0.3 is 0 Å². The molecule has 2 heterocycles. The van der Waals surface area contributed by atoms with Gasteiger partial charge in [0.25, 0.3) is 0 Å². The van der Waals surface area contributed by atoms with Crippen molar-refractivity contribution in [2.24, 2.45) is 0 Å². The molecule has 10 aromatic carbocycles. The minimum atomic E-state index is -0.0179. The summed E-state index contributed by atoms with van der Waals surface area (Å²) >= 11 is 3.81. The minimum Gasteiger partial charge on any atom is -0.135 e. The standard InChI is InChI=1S/C57H36S2/c1-57(2)48-21-11-9-14-37(48)45-30-47-52(32-49(45)57)59-53-31-44(36-13-3-4-16-39(36)56(47)53)33-23-25-34(26-24-33)54-40-17-5-7-19-42(40)55(43-20-8-6-18-41(43)54)35-27-28-51-46(29-35)38-15-10-12-22-50(38)58-51/h3-32H,1-2H3. The molecule has 2 aromatic heterocycles. The van der Waals surface area contributed by atoms with Crippen LogP contribution in [-0.4, -0.2) is 0 Å². The Kier molecular flexibility index (Phi) is 6.92. The SMILES string of the molecule is CC1(C)c2ccccc2-c2cc3c(cc21)sc1cc(-c2ccc(-c4c5ccccc5c(-c5ccc6sc7ccccc7c6c5)c5ccccc45)cc2)c2ccccc2c13. The van der Waals surface area contributed by atoms with Crippen molar-refractivity contribution >= 4 is 95.3 Å². The zero-order valence-electron chi connectivity index (χ0n) is 32.6. The van der Waals surface area contributed by atoms with E-state index in [4.69, 9.17) is 0 Å². The summed E-state index contributed by atoms with van der Waals surface area (Å²) in [5, 5.41) is 13.1. The van der Waals surface area contributed by atoms with Gasteiger partial charge in [-0.2, -0.15) is 0 Å². The maximum atomic E-state index is 2.49. The molecular formula is C57H36S2. The molecular weight excluding hydrogens is 749 g/mol. The monoisotopic (exact) mass is 784 g/mol. The number of hydrogen-bond acceptors (Lipinski definition) is 2. The third kappa shape index (κ3) is 4.70. The lowest BCUT2D eigenvalue weighted by atomic mass is 9.82. The lowest BCUT2D eigenvalue weighted by Gasteiger charge is -2.21. The Morgan fingerprint density at radius 3 is 1.58 bits per heavy atom. The van der Waals surface area contributed by atoms with E-state index in [0.29, 0.717) is 0 Å². The number of rotatable bonds is 3. The van der Waals surface area contributed by atoms with Gasteiger partial charge in [0.2, 0.25) is 0 Å². The van der Waals surface area contributed by atoms with Gasteiger partial charge >= 0.3 is 0 Å².